The van der Waals surface area contributed by atoms with Gasteiger partial charge in [-0.15, -0.1) is 10.2 Å². The molecule has 2 fully saturated rings. The van der Waals surface area contributed by atoms with Gasteiger partial charge >= 0.3 is 0 Å². The van der Waals surface area contributed by atoms with E-state index >= 15 is 0 Å². The lowest BCUT2D eigenvalue weighted by atomic mass is 9.80. The lowest BCUT2D eigenvalue weighted by molar-refractivity contribution is 0.174. The third-order valence-electron chi connectivity index (χ3n) is 5.55. The number of rotatable bonds is 6. The Hall–Kier alpha value is -2.12. The maximum atomic E-state index is 5.98. The zero-order chi connectivity index (χ0) is 17.7. The molecule has 0 amide bonds. The Bertz CT molecular complexity index is 810. The molecule has 1 aromatic heterocycles. The molecule has 5 rings (SSSR count). The molecule has 1 aromatic carbocycles. The van der Waals surface area contributed by atoms with E-state index in [0.29, 0.717) is 24.8 Å². The molecule has 0 spiro atoms. The number of aromatic nitrogens is 3. The van der Waals surface area contributed by atoms with Crippen LogP contribution >= 0.6 is 0 Å². The normalized spacial score (nSPS) is 24.1. The lowest BCUT2D eigenvalue weighted by Gasteiger charge is -2.32. The van der Waals surface area contributed by atoms with Crippen LogP contribution < -0.4 is 15.2 Å². The van der Waals surface area contributed by atoms with Crippen molar-refractivity contribution in [3.8, 4) is 11.5 Å². The zero-order valence-electron chi connectivity index (χ0n) is 15.1. The van der Waals surface area contributed by atoms with Crippen LogP contribution in [0.1, 0.15) is 54.9 Å². The van der Waals surface area contributed by atoms with Crippen LogP contribution in [-0.4, -0.2) is 39.5 Å². The van der Waals surface area contributed by atoms with Crippen molar-refractivity contribution in [2.75, 3.05) is 13.8 Å². The van der Waals surface area contributed by atoms with Gasteiger partial charge in [0.25, 0.3) is 0 Å². The summed E-state index contributed by atoms with van der Waals surface area (Å²) in [5.41, 5.74) is 7.18. The first-order chi connectivity index (χ1) is 12.7. The van der Waals surface area contributed by atoms with Crippen LogP contribution in [0.25, 0.3) is 0 Å². The van der Waals surface area contributed by atoms with E-state index in [4.69, 9.17) is 15.2 Å². The SMILES string of the molecule is CN(Cc1ccc2c(c1)OCO2)Cc1nnc(C2CC(N)C2)n1C1CC1. The first-order valence-corrected chi connectivity index (χ1v) is 9.43. The summed E-state index contributed by atoms with van der Waals surface area (Å²) in [6.07, 6.45) is 4.56. The summed E-state index contributed by atoms with van der Waals surface area (Å²) >= 11 is 0. The molecular weight excluding hydrogens is 330 g/mol. The van der Waals surface area contributed by atoms with Crippen LogP contribution in [0.2, 0.25) is 0 Å². The van der Waals surface area contributed by atoms with E-state index < -0.39 is 0 Å². The monoisotopic (exact) mass is 355 g/mol. The van der Waals surface area contributed by atoms with Gasteiger partial charge in [-0.05, 0) is 50.4 Å². The molecule has 2 aliphatic carbocycles. The molecule has 1 aliphatic heterocycles. The van der Waals surface area contributed by atoms with E-state index in [1.165, 1.54) is 18.4 Å². The molecule has 3 aliphatic rings. The molecule has 0 atom stereocenters. The molecule has 2 heterocycles. The van der Waals surface area contributed by atoms with Gasteiger partial charge < -0.3 is 19.8 Å². The average molecular weight is 355 g/mol. The topological polar surface area (TPSA) is 78.4 Å². The van der Waals surface area contributed by atoms with Crippen molar-refractivity contribution in [2.24, 2.45) is 5.73 Å². The minimum Gasteiger partial charge on any atom is -0.454 e. The van der Waals surface area contributed by atoms with Crippen molar-refractivity contribution in [3.63, 3.8) is 0 Å². The fourth-order valence-corrected chi connectivity index (χ4v) is 3.98. The third kappa shape index (κ3) is 2.95. The van der Waals surface area contributed by atoms with Crippen LogP contribution in [0.5, 0.6) is 11.5 Å². The van der Waals surface area contributed by atoms with Crippen LogP contribution in [0.3, 0.4) is 0 Å². The van der Waals surface area contributed by atoms with E-state index in [1.807, 2.05) is 6.07 Å². The molecule has 0 saturated heterocycles. The fourth-order valence-electron chi connectivity index (χ4n) is 3.98. The Morgan fingerprint density at radius 1 is 1.15 bits per heavy atom. The predicted molar refractivity (Wildman–Crippen MR) is 96.0 cm³/mol. The molecule has 2 aromatic rings. The van der Waals surface area contributed by atoms with Crippen molar-refractivity contribution in [1.29, 1.82) is 0 Å². The van der Waals surface area contributed by atoms with Gasteiger partial charge in [0.15, 0.2) is 11.5 Å². The highest BCUT2D eigenvalue weighted by Gasteiger charge is 2.37. The maximum absolute atomic E-state index is 5.98. The molecule has 0 unspecified atom stereocenters. The van der Waals surface area contributed by atoms with E-state index in [2.05, 4.69) is 38.8 Å². The second-order valence-corrected chi connectivity index (χ2v) is 7.86. The van der Waals surface area contributed by atoms with Crippen molar-refractivity contribution in [3.05, 3.63) is 35.4 Å². The van der Waals surface area contributed by atoms with E-state index in [1.54, 1.807) is 0 Å². The van der Waals surface area contributed by atoms with E-state index in [0.717, 1.165) is 49.1 Å². The van der Waals surface area contributed by atoms with Crippen LogP contribution in [-0.2, 0) is 13.1 Å². The minimum absolute atomic E-state index is 0.312. The largest absolute Gasteiger partial charge is 0.454 e. The zero-order valence-corrected chi connectivity index (χ0v) is 15.1. The molecular formula is C19H25N5O2. The maximum Gasteiger partial charge on any atom is 0.231 e. The molecule has 2 saturated carbocycles. The Labute approximate surface area is 153 Å². The first-order valence-electron chi connectivity index (χ1n) is 9.43. The van der Waals surface area contributed by atoms with Crippen molar-refractivity contribution in [2.45, 2.75) is 56.8 Å². The summed E-state index contributed by atoms with van der Waals surface area (Å²) in [7, 11) is 2.12. The Kier molecular flexibility index (Phi) is 3.86. The van der Waals surface area contributed by atoms with Gasteiger partial charge in [0.2, 0.25) is 6.79 Å². The van der Waals surface area contributed by atoms with Gasteiger partial charge in [-0.3, -0.25) is 4.90 Å². The van der Waals surface area contributed by atoms with Crippen LogP contribution in [0.15, 0.2) is 18.2 Å². The van der Waals surface area contributed by atoms with Crippen molar-refractivity contribution in [1.82, 2.24) is 19.7 Å². The number of hydrogen-bond acceptors (Lipinski definition) is 6. The van der Waals surface area contributed by atoms with E-state index in [9.17, 15) is 0 Å². The van der Waals surface area contributed by atoms with Crippen molar-refractivity contribution >= 4 is 0 Å². The highest BCUT2D eigenvalue weighted by Crippen LogP contribution is 2.42. The summed E-state index contributed by atoms with van der Waals surface area (Å²) in [5, 5.41) is 9.07. The fraction of sp³-hybridized carbons (Fsp3) is 0.579. The van der Waals surface area contributed by atoms with Gasteiger partial charge in [0.05, 0.1) is 6.54 Å². The standard InChI is InChI=1S/C19H25N5O2/c1-23(9-12-2-5-16-17(6-12)26-11-25-16)10-18-21-22-19(13-7-14(20)8-13)24(18)15-3-4-15/h2,5-6,13-15H,3-4,7-11,20H2,1H3. The van der Waals surface area contributed by atoms with Gasteiger partial charge in [-0.2, -0.15) is 0 Å². The number of fused-ring (bicyclic) bond motifs is 1. The average Bonchev–Trinajstić information content (AvgIpc) is 3.18. The summed E-state index contributed by atoms with van der Waals surface area (Å²) in [6, 6.07) is 7.06. The minimum atomic E-state index is 0.312. The van der Waals surface area contributed by atoms with Gasteiger partial charge in [-0.25, -0.2) is 0 Å². The lowest BCUT2D eigenvalue weighted by Crippen LogP contribution is -2.36. The van der Waals surface area contributed by atoms with Gasteiger partial charge in [-0.1, -0.05) is 6.07 Å². The summed E-state index contributed by atoms with van der Waals surface area (Å²) < 4.78 is 13.3. The second-order valence-electron chi connectivity index (χ2n) is 7.86. The first kappa shape index (κ1) is 16.1. The van der Waals surface area contributed by atoms with Crippen LogP contribution in [0.4, 0.5) is 0 Å². The van der Waals surface area contributed by atoms with Crippen LogP contribution in [0, 0.1) is 0 Å². The third-order valence-corrected chi connectivity index (χ3v) is 5.55. The highest BCUT2D eigenvalue weighted by molar-refractivity contribution is 5.44. The number of nitrogens with two attached hydrogens (primary N) is 1. The van der Waals surface area contributed by atoms with Gasteiger partial charge in [0, 0.05) is 24.5 Å². The summed E-state index contributed by atoms with van der Waals surface area (Å²) in [4.78, 5) is 2.27. The van der Waals surface area contributed by atoms with E-state index in [-0.39, 0.29) is 0 Å². The number of ether oxygens (including phenoxy) is 2. The predicted octanol–water partition coefficient (Wildman–Crippen LogP) is 2.18. The molecule has 2 N–H and O–H groups in total. The van der Waals surface area contributed by atoms with Gasteiger partial charge in [0.1, 0.15) is 11.6 Å². The summed E-state index contributed by atoms with van der Waals surface area (Å²) in [5.74, 6) is 4.38. The number of nitrogens with zero attached hydrogens (tertiary/aromatic N) is 4. The highest BCUT2D eigenvalue weighted by atomic mass is 16.7. The second kappa shape index (κ2) is 6.25. The molecule has 0 bridgehead atoms. The molecule has 7 nitrogen and oxygen atoms in total. The molecule has 26 heavy (non-hydrogen) atoms. The quantitative estimate of drug-likeness (QED) is 0.856. The Morgan fingerprint density at radius 3 is 2.73 bits per heavy atom. The Morgan fingerprint density at radius 2 is 1.96 bits per heavy atom. The number of benzene rings is 1. The number of hydrogen-bond donors (Lipinski definition) is 1. The smallest absolute Gasteiger partial charge is 0.231 e. The Balaban J connectivity index is 1.30. The molecule has 138 valence electrons. The molecule has 7 heteroatoms. The molecule has 0 radical (unpaired) electrons. The summed E-state index contributed by atoms with van der Waals surface area (Å²) in [6.45, 7) is 1.93. The van der Waals surface area contributed by atoms with Crippen molar-refractivity contribution < 1.29 is 9.47 Å².